The lowest BCUT2D eigenvalue weighted by Gasteiger charge is -2.09. The van der Waals surface area contributed by atoms with Crippen molar-refractivity contribution in [2.45, 2.75) is 0 Å². The Balaban J connectivity index is 1.74. The number of nitrogens with one attached hydrogen (secondary N) is 1. The number of hydrogen-bond acceptors (Lipinski definition) is 5. The van der Waals surface area contributed by atoms with Crippen LogP contribution in [0.15, 0.2) is 65.5 Å². The molecule has 132 valence electrons. The Bertz CT molecular complexity index is 917. The van der Waals surface area contributed by atoms with Crippen LogP contribution in [0.2, 0.25) is 0 Å². The summed E-state index contributed by atoms with van der Waals surface area (Å²) in [6.07, 6.45) is 6.11. The minimum absolute atomic E-state index is 0.259. The van der Waals surface area contributed by atoms with E-state index in [1.807, 2.05) is 24.3 Å². The van der Waals surface area contributed by atoms with Gasteiger partial charge in [-0.25, -0.2) is 4.98 Å². The van der Waals surface area contributed by atoms with Crippen molar-refractivity contribution in [3.8, 4) is 22.8 Å². The minimum Gasteiger partial charge on any atom is -0.496 e. The number of aromatic nitrogens is 1. The fraction of sp³-hybridized carbons (Fsp3) is 0.100. The van der Waals surface area contributed by atoms with Gasteiger partial charge in [0.15, 0.2) is 12.2 Å². The van der Waals surface area contributed by atoms with Crippen LogP contribution in [0.5, 0.6) is 11.5 Å². The number of methoxy groups -OCH3 is 2. The van der Waals surface area contributed by atoms with Gasteiger partial charge in [-0.3, -0.25) is 4.79 Å². The summed E-state index contributed by atoms with van der Waals surface area (Å²) >= 11 is 0. The molecule has 0 fully saturated rings. The molecular formula is C20H18N2O4. The molecule has 1 N–H and O–H groups in total. The highest BCUT2D eigenvalue weighted by atomic mass is 16.5. The lowest BCUT2D eigenvalue weighted by Crippen LogP contribution is -2.08. The van der Waals surface area contributed by atoms with Crippen molar-refractivity contribution in [1.29, 1.82) is 0 Å². The molecule has 0 aliphatic rings. The summed E-state index contributed by atoms with van der Waals surface area (Å²) in [6, 6.07) is 12.8. The number of amides is 1. The molecule has 6 nitrogen and oxygen atoms in total. The molecule has 0 saturated heterocycles. The van der Waals surface area contributed by atoms with E-state index in [-0.39, 0.29) is 5.91 Å². The monoisotopic (exact) mass is 350 g/mol. The summed E-state index contributed by atoms with van der Waals surface area (Å²) in [5.74, 6) is 1.61. The van der Waals surface area contributed by atoms with Crippen molar-refractivity contribution >= 4 is 17.7 Å². The zero-order valence-corrected chi connectivity index (χ0v) is 14.4. The molecule has 0 unspecified atom stereocenters. The van der Waals surface area contributed by atoms with E-state index in [9.17, 15) is 4.79 Å². The maximum Gasteiger partial charge on any atom is 0.248 e. The lowest BCUT2D eigenvalue weighted by molar-refractivity contribution is -0.111. The molecule has 3 rings (SSSR count). The van der Waals surface area contributed by atoms with Crippen LogP contribution in [0.4, 0.5) is 5.69 Å². The molecule has 0 bridgehead atoms. The van der Waals surface area contributed by atoms with Gasteiger partial charge < -0.3 is 19.2 Å². The molecule has 0 spiro atoms. The van der Waals surface area contributed by atoms with E-state index in [1.165, 1.54) is 12.5 Å². The fourth-order valence-electron chi connectivity index (χ4n) is 2.47. The van der Waals surface area contributed by atoms with Crippen LogP contribution in [0.25, 0.3) is 17.4 Å². The summed E-state index contributed by atoms with van der Waals surface area (Å²) in [7, 11) is 3.15. The van der Waals surface area contributed by atoms with Gasteiger partial charge in [0.25, 0.3) is 0 Å². The minimum atomic E-state index is -0.259. The second kappa shape index (κ2) is 8.02. The van der Waals surface area contributed by atoms with E-state index in [0.717, 1.165) is 11.1 Å². The average molecular weight is 350 g/mol. The number of benzene rings is 2. The van der Waals surface area contributed by atoms with Crippen LogP contribution in [-0.4, -0.2) is 25.1 Å². The zero-order valence-electron chi connectivity index (χ0n) is 14.4. The first-order valence-electron chi connectivity index (χ1n) is 7.90. The number of ether oxygens (including phenoxy) is 2. The van der Waals surface area contributed by atoms with Crippen molar-refractivity contribution in [2.24, 2.45) is 0 Å². The number of carbonyl (C=O) groups excluding carboxylic acids is 1. The largest absolute Gasteiger partial charge is 0.496 e. The predicted octanol–water partition coefficient (Wildman–Crippen LogP) is 4.01. The van der Waals surface area contributed by atoms with Crippen LogP contribution >= 0.6 is 0 Å². The number of rotatable bonds is 6. The normalized spacial score (nSPS) is 10.7. The van der Waals surface area contributed by atoms with E-state index in [1.54, 1.807) is 44.7 Å². The van der Waals surface area contributed by atoms with Gasteiger partial charge in [-0.2, -0.15) is 0 Å². The highest BCUT2D eigenvalue weighted by Gasteiger charge is 2.10. The molecular weight excluding hydrogens is 332 g/mol. The lowest BCUT2D eigenvalue weighted by atomic mass is 10.1. The second-order valence-electron chi connectivity index (χ2n) is 5.35. The average Bonchev–Trinajstić information content (AvgIpc) is 3.21. The highest BCUT2D eigenvalue weighted by molar-refractivity contribution is 6.02. The molecule has 0 atom stereocenters. The third kappa shape index (κ3) is 3.92. The number of carbonyl (C=O) groups is 1. The van der Waals surface area contributed by atoms with E-state index < -0.39 is 0 Å². The zero-order chi connectivity index (χ0) is 18.4. The SMILES string of the molecule is COc1ccccc1/C=C/C(=O)Nc1ccc(-c2cnco2)c(OC)c1. The summed E-state index contributed by atoms with van der Waals surface area (Å²) in [6.45, 7) is 0. The predicted molar refractivity (Wildman–Crippen MR) is 99.1 cm³/mol. The number of oxazole rings is 1. The van der Waals surface area contributed by atoms with Crippen LogP contribution in [0.3, 0.4) is 0 Å². The molecule has 0 aliphatic carbocycles. The molecule has 0 radical (unpaired) electrons. The van der Waals surface area contributed by atoms with E-state index in [2.05, 4.69) is 10.3 Å². The van der Waals surface area contributed by atoms with Crippen LogP contribution in [0, 0.1) is 0 Å². The Hall–Kier alpha value is -3.54. The Morgan fingerprint density at radius 3 is 2.65 bits per heavy atom. The van der Waals surface area contributed by atoms with Crippen LogP contribution in [-0.2, 0) is 4.79 Å². The smallest absolute Gasteiger partial charge is 0.248 e. The van der Waals surface area contributed by atoms with Crippen molar-refractivity contribution in [1.82, 2.24) is 4.98 Å². The van der Waals surface area contributed by atoms with Gasteiger partial charge in [-0.15, -0.1) is 0 Å². The molecule has 0 saturated carbocycles. The number of nitrogens with zero attached hydrogens (tertiary/aromatic N) is 1. The van der Waals surface area contributed by atoms with Crippen molar-refractivity contribution in [3.05, 3.63) is 66.7 Å². The molecule has 3 aromatic rings. The van der Waals surface area contributed by atoms with E-state index in [4.69, 9.17) is 13.9 Å². The standard InChI is InChI=1S/C20H18N2O4/c1-24-17-6-4-3-5-14(17)7-10-20(23)22-15-8-9-16(18(11-15)25-2)19-12-21-13-26-19/h3-13H,1-2H3,(H,22,23)/b10-7+. The Labute approximate surface area is 151 Å². The van der Waals surface area contributed by atoms with Crippen molar-refractivity contribution in [2.75, 3.05) is 19.5 Å². The highest BCUT2D eigenvalue weighted by Crippen LogP contribution is 2.32. The Morgan fingerprint density at radius 2 is 1.92 bits per heavy atom. The fourth-order valence-corrected chi connectivity index (χ4v) is 2.47. The maximum atomic E-state index is 12.2. The first-order chi connectivity index (χ1) is 12.7. The first-order valence-corrected chi connectivity index (χ1v) is 7.90. The molecule has 6 heteroatoms. The Morgan fingerprint density at radius 1 is 1.12 bits per heavy atom. The van der Waals surface area contributed by atoms with E-state index in [0.29, 0.717) is 22.9 Å². The third-order valence-corrected chi connectivity index (χ3v) is 3.72. The van der Waals surface area contributed by atoms with Gasteiger partial charge in [0.1, 0.15) is 11.5 Å². The number of hydrogen-bond donors (Lipinski definition) is 1. The van der Waals surface area contributed by atoms with Gasteiger partial charge in [0.05, 0.1) is 26.0 Å². The first kappa shape index (κ1) is 17.3. The summed E-state index contributed by atoms with van der Waals surface area (Å²) in [5.41, 5.74) is 2.19. The summed E-state index contributed by atoms with van der Waals surface area (Å²) in [4.78, 5) is 16.1. The van der Waals surface area contributed by atoms with Crippen molar-refractivity contribution in [3.63, 3.8) is 0 Å². The molecule has 1 aromatic heterocycles. The third-order valence-electron chi connectivity index (χ3n) is 3.72. The quantitative estimate of drug-likeness (QED) is 0.680. The van der Waals surface area contributed by atoms with Gasteiger partial charge in [-0.1, -0.05) is 18.2 Å². The van der Waals surface area contributed by atoms with Crippen molar-refractivity contribution < 1.29 is 18.7 Å². The van der Waals surface area contributed by atoms with Gasteiger partial charge in [-0.05, 0) is 24.3 Å². The molecule has 0 aliphatic heterocycles. The van der Waals surface area contributed by atoms with Crippen LogP contribution in [0.1, 0.15) is 5.56 Å². The van der Waals surface area contributed by atoms with Crippen LogP contribution < -0.4 is 14.8 Å². The van der Waals surface area contributed by atoms with Gasteiger partial charge in [0.2, 0.25) is 5.91 Å². The number of anilines is 1. The Kier molecular flexibility index (Phi) is 5.34. The summed E-state index contributed by atoms with van der Waals surface area (Å²) < 4.78 is 15.9. The molecule has 26 heavy (non-hydrogen) atoms. The number of para-hydroxylation sites is 1. The topological polar surface area (TPSA) is 73.6 Å². The van der Waals surface area contributed by atoms with E-state index >= 15 is 0 Å². The maximum absolute atomic E-state index is 12.2. The van der Waals surface area contributed by atoms with Gasteiger partial charge in [0, 0.05) is 23.4 Å². The molecule has 2 aromatic carbocycles. The van der Waals surface area contributed by atoms with Gasteiger partial charge >= 0.3 is 0 Å². The molecule has 1 heterocycles. The summed E-state index contributed by atoms with van der Waals surface area (Å²) in [5, 5.41) is 2.80. The second-order valence-corrected chi connectivity index (χ2v) is 5.35. The molecule has 1 amide bonds.